The number of rotatable bonds is 0. The minimum atomic E-state index is 1.51. The fourth-order valence-electron chi connectivity index (χ4n) is 0. The molecule has 0 saturated carbocycles. The second-order valence-corrected chi connectivity index (χ2v) is 0.315. The zero-order valence-corrected chi connectivity index (χ0v) is 2.47. The second-order valence-electron chi connectivity index (χ2n) is 0.315. The molecule has 2 nitrogen and oxygen atoms in total. The molecule has 0 spiro atoms. The SMILES string of the molecule is C#[N+][N-]C. The molecule has 0 saturated heterocycles. The van der Waals surface area contributed by atoms with Gasteiger partial charge in [0.15, 0.2) is 0 Å². The zero-order valence-electron chi connectivity index (χ0n) is 2.47. The third-order valence-electron chi connectivity index (χ3n) is 0.115. The summed E-state index contributed by atoms with van der Waals surface area (Å²) >= 11 is 0. The van der Waals surface area contributed by atoms with Crippen LogP contribution in [0.2, 0.25) is 0 Å². The highest BCUT2D eigenvalue weighted by Gasteiger charge is 1.31. The molecule has 0 rings (SSSR count). The van der Waals surface area contributed by atoms with Gasteiger partial charge in [0, 0.05) is 0 Å². The van der Waals surface area contributed by atoms with Crippen LogP contribution in [-0.2, 0) is 0 Å². The average Bonchev–Trinajstić information content (AvgIpc) is 1.37. The molecule has 0 aliphatic rings. The van der Waals surface area contributed by atoms with Crippen molar-refractivity contribution in [3.63, 3.8) is 0 Å². The van der Waals surface area contributed by atoms with Gasteiger partial charge in [-0.2, -0.15) is 0 Å². The van der Waals surface area contributed by atoms with Crippen molar-refractivity contribution in [3.05, 3.63) is 10.4 Å². The van der Waals surface area contributed by atoms with E-state index in [1.807, 2.05) is 0 Å². The van der Waals surface area contributed by atoms with E-state index in [9.17, 15) is 0 Å². The minimum absolute atomic E-state index is 1.51. The van der Waals surface area contributed by atoms with Crippen LogP contribution in [0.25, 0.3) is 10.4 Å². The van der Waals surface area contributed by atoms with Gasteiger partial charge in [0.2, 0.25) is 0 Å². The average molecular weight is 56.1 g/mol. The summed E-state index contributed by atoms with van der Waals surface area (Å²) in [7, 11) is 1.51. The van der Waals surface area contributed by atoms with Crippen molar-refractivity contribution < 1.29 is 0 Å². The van der Waals surface area contributed by atoms with E-state index in [0.717, 1.165) is 0 Å². The Labute approximate surface area is 25.2 Å². The lowest BCUT2D eigenvalue weighted by Gasteiger charge is -1.66. The molecule has 22 valence electrons. The Morgan fingerprint density at radius 3 is 2.25 bits per heavy atom. The molecule has 0 aliphatic heterocycles. The van der Waals surface area contributed by atoms with Crippen molar-refractivity contribution in [1.29, 1.82) is 0 Å². The summed E-state index contributed by atoms with van der Waals surface area (Å²) in [5, 5.41) is 0. The first-order valence-electron chi connectivity index (χ1n) is 0.905. The Morgan fingerprint density at radius 2 is 2.25 bits per heavy atom. The Hall–Kier alpha value is -0.710. The van der Waals surface area contributed by atoms with E-state index in [-0.39, 0.29) is 0 Å². The third-order valence-corrected chi connectivity index (χ3v) is 0.115. The van der Waals surface area contributed by atoms with Gasteiger partial charge in [-0.05, 0) is 0 Å². The van der Waals surface area contributed by atoms with Crippen molar-refractivity contribution in [1.82, 2.24) is 0 Å². The van der Waals surface area contributed by atoms with Gasteiger partial charge in [-0.25, -0.2) is 0 Å². The Kier molecular flexibility index (Phi) is 1.88. The maximum Gasteiger partial charge on any atom is 0.256 e. The Bertz CT molecular complexity index is 33.8. The minimum Gasteiger partial charge on any atom is -0.312 e. The molecule has 0 unspecified atom stereocenters. The van der Waals surface area contributed by atoms with Crippen molar-refractivity contribution in [2.75, 3.05) is 7.05 Å². The van der Waals surface area contributed by atoms with E-state index in [1.165, 1.54) is 7.05 Å². The highest BCUT2D eigenvalue weighted by atomic mass is 15.2. The first kappa shape index (κ1) is 3.29. The maximum atomic E-state index is 4.49. The van der Waals surface area contributed by atoms with Gasteiger partial charge in [0.1, 0.15) is 0 Å². The van der Waals surface area contributed by atoms with Crippen LogP contribution >= 0.6 is 0 Å². The van der Waals surface area contributed by atoms with Crippen molar-refractivity contribution >= 4 is 0 Å². The molecule has 0 fully saturated rings. The summed E-state index contributed by atoms with van der Waals surface area (Å²) in [4.78, 5) is 2.86. The van der Waals surface area contributed by atoms with Gasteiger partial charge in [-0.1, -0.05) is 7.05 Å². The predicted octanol–water partition coefficient (Wildman–Crippen LogP) is 0.868. The molecule has 0 amide bonds. The first-order chi connectivity index (χ1) is 1.91. The van der Waals surface area contributed by atoms with E-state index in [0.29, 0.717) is 0 Å². The smallest absolute Gasteiger partial charge is 0.256 e. The third kappa shape index (κ3) is 1.29. The molecule has 0 aliphatic carbocycles. The highest BCUT2D eigenvalue weighted by molar-refractivity contribution is 4.79. The summed E-state index contributed by atoms with van der Waals surface area (Å²) in [5.74, 6) is 0. The van der Waals surface area contributed by atoms with Crippen LogP contribution in [0.3, 0.4) is 0 Å². The molecular formula is C2H4N2. The zero-order chi connectivity index (χ0) is 3.41. The number of hydrogen-bond acceptors (Lipinski definition) is 0. The molecular weight excluding hydrogens is 52.0 g/mol. The Balaban J connectivity index is 2.43. The lowest BCUT2D eigenvalue weighted by Crippen LogP contribution is -1.33. The van der Waals surface area contributed by atoms with Crippen molar-refractivity contribution in [2.45, 2.75) is 0 Å². The van der Waals surface area contributed by atoms with Crippen LogP contribution in [0.1, 0.15) is 0 Å². The van der Waals surface area contributed by atoms with Gasteiger partial charge < -0.3 is 5.43 Å². The van der Waals surface area contributed by atoms with Crippen LogP contribution < -0.4 is 0 Å². The van der Waals surface area contributed by atoms with Crippen LogP contribution in [0.15, 0.2) is 0 Å². The van der Waals surface area contributed by atoms with Gasteiger partial charge in [0.25, 0.3) is 6.57 Å². The van der Waals surface area contributed by atoms with Crippen molar-refractivity contribution in [2.24, 2.45) is 0 Å². The molecule has 0 N–H and O–H groups in total. The molecule has 0 aromatic carbocycles. The highest BCUT2D eigenvalue weighted by Crippen LogP contribution is 1.67. The van der Waals surface area contributed by atoms with Crippen LogP contribution in [0.4, 0.5) is 0 Å². The van der Waals surface area contributed by atoms with E-state index in [4.69, 9.17) is 0 Å². The molecule has 0 aromatic rings. The second kappa shape index (κ2) is 2.29. The fourth-order valence-corrected chi connectivity index (χ4v) is 0. The van der Waals surface area contributed by atoms with E-state index in [1.54, 1.807) is 0 Å². The molecule has 0 bridgehead atoms. The number of hydrogen-bond donors (Lipinski definition) is 0. The molecule has 0 atom stereocenters. The molecule has 0 radical (unpaired) electrons. The normalized spacial score (nSPS) is 4.00. The first-order valence-corrected chi connectivity index (χ1v) is 0.905. The Morgan fingerprint density at radius 1 is 2.00 bits per heavy atom. The molecule has 2 heteroatoms. The topological polar surface area (TPSA) is 18.5 Å². The quantitative estimate of drug-likeness (QED) is 0.367. The van der Waals surface area contributed by atoms with Crippen LogP contribution in [0.5, 0.6) is 0 Å². The summed E-state index contributed by atoms with van der Waals surface area (Å²) in [6, 6.07) is 0. The monoisotopic (exact) mass is 56.0 g/mol. The van der Waals surface area contributed by atoms with Gasteiger partial charge in [0.05, 0.1) is 0 Å². The lowest BCUT2D eigenvalue weighted by atomic mass is 11.5. The van der Waals surface area contributed by atoms with E-state index in [2.05, 4.69) is 17.0 Å². The summed E-state index contributed by atoms with van der Waals surface area (Å²) in [6.45, 7) is 4.49. The van der Waals surface area contributed by atoms with Gasteiger partial charge >= 0.3 is 0 Å². The van der Waals surface area contributed by atoms with E-state index < -0.39 is 0 Å². The molecule has 0 aromatic heterocycles. The molecule has 0 heterocycles. The maximum absolute atomic E-state index is 4.49. The molecule has 4 heavy (non-hydrogen) atoms. The summed E-state index contributed by atoms with van der Waals surface area (Å²) in [6.07, 6.45) is 0. The fraction of sp³-hybridized carbons (Fsp3) is 0.500. The van der Waals surface area contributed by atoms with Crippen LogP contribution in [0, 0.1) is 6.57 Å². The van der Waals surface area contributed by atoms with E-state index >= 15 is 0 Å². The van der Waals surface area contributed by atoms with Crippen molar-refractivity contribution in [3.8, 4) is 6.57 Å². The summed E-state index contributed by atoms with van der Waals surface area (Å²) < 4.78 is 0. The lowest BCUT2D eigenvalue weighted by molar-refractivity contribution is 1.72. The van der Waals surface area contributed by atoms with Gasteiger partial charge in [-0.3, -0.25) is 0 Å². The predicted molar refractivity (Wildman–Crippen MR) is 17.6 cm³/mol. The largest absolute Gasteiger partial charge is 0.312 e. The van der Waals surface area contributed by atoms with Crippen LogP contribution in [-0.4, -0.2) is 7.05 Å². The number of nitrogens with zero attached hydrogens (tertiary/aromatic N) is 2. The summed E-state index contributed by atoms with van der Waals surface area (Å²) in [5.41, 5.74) is 3.14. The standard InChI is InChI=1S/C2H4N2/c1-3-4-2/h1H,2H3. The van der Waals surface area contributed by atoms with Gasteiger partial charge in [-0.15, -0.1) is 4.95 Å².